The van der Waals surface area contributed by atoms with Crippen molar-refractivity contribution in [2.45, 2.75) is 12.5 Å². The molecule has 1 aliphatic heterocycles. The van der Waals surface area contributed by atoms with Crippen LogP contribution in [0.2, 0.25) is 0 Å². The molecule has 1 atom stereocenters. The van der Waals surface area contributed by atoms with Gasteiger partial charge < -0.3 is 10.4 Å². The highest BCUT2D eigenvalue weighted by Gasteiger charge is 2.23. The molecule has 0 aliphatic carbocycles. The predicted octanol–water partition coefficient (Wildman–Crippen LogP) is 2.63. The van der Waals surface area contributed by atoms with Crippen LogP contribution in [0.25, 0.3) is 0 Å². The maximum atomic E-state index is 10.1. The molecule has 0 bridgehead atoms. The van der Waals surface area contributed by atoms with E-state index in [0.717, 1.165) is 38.2 Å². The van der Waals surface area contributed by atoms with Crippen LogP contribution in [-0.2, 0) is 0 Å². The van der Waals surface area contributed by atoms with Gasteiger partial charge in [-0.3, -0.25) is 4.90 Å². The third-order valence-corrected chi connectivity index (χ3v) is 3.50. The van der Waals surface area contributed by atoms with Crippen molar-refractivity contribution in [2.75, 3.05) is 26.2 Å². The van der Waals surface area contributed by atoms with Crippen molar-refractivity contribution >= 4 is 24.8 Å². The molecule has 1 heterocycles. The second-order valence-electron chi connectivity index (χ2n) is 4.71. The average Bonchev–Trinajstić information content (AvgIpc) is 2.47. The van der Waals surface area contributed by atoms with Gasteiger partial charge in [0.25, 0.3) is 0 Å². The van der Waals surface area contributed by atoms with Crippen molar-refractivity contribution in [3.63, 3.8) is 0 Å². The Morgan fingerprint density at radius 1 is 1.38 bits per heavy atom. The van der Waals surface area contributed by atoms with Gasteiger partial charge in [-0.2, -0.15) is 5.26 Å². The third-order valence-electron chi connectivity index (χ3n) is 3.50. The lowest BCUT2D eigenvalue weighted by Crippen LogP contribution is -2.45. The molecule has 6 heteroatoms. The highest BCUT2D eigenvalue weighted by Crippen LogP contribution is 2.32. The van der Waals surface area contributed by atoms with E-state index in [-0.39, 0.29) is 36.6 Å². The third kappa shape index (κ3) is 4.90. The van der Waals surface area contributed by atoms with Crippen molar-refractivity contribution in [2.24, 2.45) is 0 Å². The molecule has 0 unspecified atom stereocenters. The highest BCUT2D eigenvalue weighted by atomic mass is 35.5. The van der Waals surface area contributed by atoms with E-state index in [2.05, 4.69) is 22.9 Å². The summed E-state index contributed by atoms with van der Waals surface area (Å²) < 4.78 is 0. The van der Waals surface area contributed by atoms with Gasteiger partial charge in [0, 0.05) is 37.8 Å². The SMILES string of the molecule is C=CC[C@@H](c1cc(C#N)ccc1O)N1CCNCC1.Cl.Cl. The second kappa shape index (κ2) is 9.64. The first-order valence-corrected chi connectivity index (χ1v) is 6.55. The van der Waals surface area contributed by atoms with E-state index in [9.17, 15) is 5.11 Å². The number of benzene rings is 1. The van der Waals surface area contributed by atoms with Crippen molar-refractivity contribution in [3.8, 4) is 11.8 Å². The number of nitriles is 1. The molecule has 116 valence electrons. The van der Waals surface area contributed by atoms with E-state index in [4.69, 9.17) is 5.26 Å². The summed E-state index contributed by atoms with van der Waals surface area (Å²) in [6.45, 7) is 7.58. The molecular weight excluding hydrogens is 309 g/mol. The van der Waals surface area contributed by atoms with Crippen molar-refractivity contribution in [3.05, 3.63) is 42.0 Å². The maximum absolute atomic E-state index is 10.1. The molecule has 0 spiro atoms. The first kappa shape index (κ1) is 19.8. The number of aromatic hydroxyl groups is 1. The predicted molar refractivity (Wildman–Crippen MR) is 89.3 cm³/mol. The van der Waals surface area contributed by atoms with E-state index < -0.39 is 0 Å². The first-order valence-electron chi connectivity index (χ1n) is 6.55. The Hall–Kier alpha value is -1.25. The quantitative estimate of drug-likeness (QED) is 0.833. The Kier molecular flexibility index (Phi) is 9.07. The number of hydrogen-bond donors (Lipinski definition) is 2. The lowest BCUT2D eigenvalue weighted by atomic mass is 9.98. The minimum atomic E-state index is 0. The second-order valence-corrected chi connectivity index (χ2v) is 4.71. The topological polar surface area (TPSA) is 59.3 Å². The molecule has 0 aromatic heterocycles. The number of rotatable bonds is 4. The van der Waals surface area contributed by atoms with Crippen LogP contribution < -0.4 is 5.32 Å². The van der Waals surface area contributed by atoms with Crippen molar-refractivity contribution in [1.29, 1.82) is 5.26 Å². The fourth-order valence-electron chi connectivity index (χ4n) is 2.52. The number of nitrogens with zero attached hydrogens (tertiary/aromatic N) is 2. The van der Waals surface area contributed by atoms with Gasteiger partial charge in [-0.1, -0.05) is 6.08 Å². The van der Waals surface area contributed by atoms with E-state index in [1.807, 2.05) is 6.08 Å². The molecule has 1 aliphatic rings. The van der Waals surface area contributed by atoms with Crippen molar-refractivity contribution in [1.82, 2.24) is 10.2 Å². The van der Waals surface area contributed by atoms with Gasteiger partial charge >= 0.3 is 0 Å². The van der Waals surface area contributed by atoms with Gasteiger partial charge in [0.15, 0.2) is 0 Å². The van der Waals surface area contributed by atoms with Gasteiger partial charge in [0.05, 0.1) is 11.6 Å². The smallest absolute Gasteiger partial charge is 0.120 e. The molecule has 21 heavy (non-hydrogen) atoms. The van der Waals surface area contributed by atoms with E-state index in [1.54, 1.807) is 18.2 Å². The fraction of sp³-hybridized carbons (Fsp3) is 0.400. The zero-order chi connectivity index (χ0) is 13.7. The number of nitrogens with one attached hydrogen (secondary N) is 1. The van der Waals surface area contributed by atoms with Crippen LogP contribution in [0.5, 0.6) is 5.75 Å². The molecule has 1 saturated heterocycles. The lowest BCUT2D eigenvalue weighted by molar-refractivity contribution is 0.172. The van der Waals surface area contributed by atoms with E-state index in [0.29, 0.717) is 5.56 Å². The van der Waals surface area contributed by atoms with Crippen LogP contribution in [0, 0.1) is 11.3 Å². The Labute approximate surface area is 138 Å². The molecule has 0 saturated carbocycles. The summed E-state index contributed by atoms with van der Waals surface area (Å²) in [6.07, 6.45) is 2.63. The molecule has 1 aromatic rings. The molecule has 1 fully saturated rings. The summed E-state index contributed by atoms with van der Waals surface area (Å²) in [4.78, 5) is 2.33. The van der Waals surface area contributed by atoms with Gasteiger partial charge in [-0.05, 0) is 24.6 Å². The zero-order valence-electron chi connectivity index (χ0n) is 11.8. The Morgan fingerprint density at radius 3 is 2.62 bits per heavy atom. The number of halogens is 2. The Balaban J connectivity index is 0.00000200. The van der Waals surface area contributed by atoms with Gasteiger partial charge in [-0.25, -0.2) is 0 Å². The van der Waals surface area contributed by atoms with Crippen LogP contribution in [0.15, 0.2) is 30.9 Å². The standard InChI is InChI=1S/C15H19N3O.2ClH/c1-2-3-14(18-8-6-17-7-9-18)13-10-12(11-16)4-5-15(13)19;;/h2,4-5,10,14,17,19H,1,3,6-9H2;2*1H/t14-;;/m0../s1. The molecule has 2 rings (SSSR count). The number of piperazine rings is 1. The van der Waals surface area contributed by atoms with E-state index >= 15 is 0 Å². The number of phenolic OH excluding ortho intramolecular Hbond substituents is 1. The highest BCUT2D eigenvalue weighted by molar-refractivity contribution is 5.85. The first-order chi connectivity index (χ1) is 9.26. The molecule has 0 amide bonds. The van der Waals surface area contributed by atoms with E-state index in [1.165, 1.54) is 0 Å². The molecule has 0 radical (unpaired) electrons. The van der Waals surface area contributed by atoms with Gasteiger partial charge in [-0.15, -0.1) is 31.4 Å². The molecule has 4 nitrogen and oxygen atoms in total. The Bertz CT molecular complexity index is 496. The lowest BCUT2D eigenvalue weighted by Gasteiger charge is -2.35. The molecular formula is C15H21Cl2N3O. The van der Waals surface area contributed by atoms with Crippen LogP contribution >= 0.6 is 24.8 Å². The number of hydrogen-bond acceptors (Lipinski definition) is 4. The van der Waals surface area contributed by atoms with Crippen molar-refractivity contribution < 1.29 is 5.11 Å². The summed E-state index contributed by atoms with van der Waals surface area (Å²) in [5.74, 6) is 0.254. The van der Waals surface area contributed by atoms with Crippen LogP contribution in [0.3, 0.4) is 0 Å². The normalized spacial score (nSPS) is 16.0. The minimum absolute atomic E-state index is 0. The summed E-state index contributed by atoms with van der Waals surface area (Å²) in [6, 6.07) is 7.24. The van der Waals surface area contributed by atoms with Crippen LogP contribution in [-0.4, -0.2) is 36.2 Å². The van der Waals surface area contributed by atoms with Crippen LogP contribution in [0.4, 0.5) is 0 Å². The zero-order valence-corrected chi connectivity index (χ0v) is 13.4. The molecule has 1 aromatic carbocycles. The maximum Gasteiger partial charge on any atom is 0.120 e. The van der Waals surface area contributed by atoms with Gasteiger partial charge in [0.2, 0.25) is 0 Å². The average molecular weight is 330 g/mol. The molecule has 2 N–H and O–H groups in total. The van der Waals surface area contributed by atoms with Crippen LogP contribution in [0.1, 0.15) is 23.6 Å². The fourth-order valence-corrected chi connectivity index (χ4v) is 2.52. The largest absolute Gasteiger partial charge is 0.508 e. The summed E-state index contributed by atoms with van der Waals surface area (Å²) >= 11 is 0. The monoisotopic (exact) mass is 329 g/mol. The summed E-state index contributed by atoms with van der Waals surface area (Å²) in [5.41, 5.74) is 1.40. The summed E-state index contributed by atoms with van der Waals surface area (Å²) in [7, 11) is 0. The summed E-state index contributed by atoms with van der Waals surface area (Å²) in [5, 5.41) is 22.4. The Morgan fingerprint density at radius 2 is 2.05 bits per heavy atom. The number of phenols is 1. The minimum Gasteiger partial charge on any atom is -0.508 e. The van der Waals surface area contributed by atoms with Gasteiger partial charge in [0.1, 0.15) is 5.75 Å².